The van der Waals surface area contributed by atoms with Gasteiger partial charge < -0.3 is 14.4 Å². The number of carbonyl (C=O) groups excluding carboxylic acids is 2. The molecule has 0 spiro atoms. The Hall–Kier alpha value is -2.46. The molecule has 1 amide bonds. The van der Waals surface area contributed by atoms with E-state index in [0.717, 1.165) is 24.3 Å². The Labute approximate surface area is 163 Å². The largest absolute Gasteiger partial charge is 0.464 e. The highest BCUT2D eigenvalue weighted by atomic mass is 32.1. The number of nitrogens with zero attached hydrogens (tertiary/aromatic N) is 2. The van der Waals surface area contributed by atoms with Gasteiger partial charge in [-0.05, 0) is 30.7 Å². The van der Waals surface area contributed by atoms with E-state index in [1.807, 2.05) is 0 Å². The number of aromatic nitrogens is 1. The number of amides is 1. The number of benzene rings is 1. The molecule has 0 aliphatic heterocycles. The maximum Gasteiger partial charge on any atom is 0.416 e. The predicted molar refractivity (Wildman–Crippen MR) is 96.1 cm³/mol. The maximum absolute atomic E-state index is 12.8. The molecule has 0 saturated carbocycles. The maximum atomic E-state index is 12.8. The van der Waals surface area contributed by atoms with Gasteiger partial charge in [-0.25, -0.2) is 9.78 Å². The quantitative estimate of drug-likeness (QED) is 0.486. The Morgan fingerprint density at radius 1 is 1.18 bits per heavy atom. The molecule has 0 N–H and O–H groups in total. The average molecular weight is 416 g/mol. The smallest absolute Gasteiger partial charge is 0.416 e. The molecular formula is C18H19F3N2O4S. The fourth-order valence-electron chi connectivity index (χ4n) is 2.38. The van der Waals surface area contributed by atoms with Crippen molar-refractivity contribution >= 4 is 23.2 Å². The Morgan fingerprint density at radius 3 is 2.43 bits per heavy atom. The van der Waals surface area contributed by atoms with Crippen LogP contribution in [0.15, 0.2) is 29.6 Å². The van der Waals surface area contributed by atoms with Crippen molar-refractivity contribution in [2.24, 2.45) is 0 Å². The molecule has 2 aromatic rings. The number of alkyl halides is 3. The fourth-order valence-corrected chi connectivity index (χ4v) is 3.16. The second kappa shape index (κ2) is 9.65. The molecule has 0 fully saturated rings. The Bertz CT molecular complexity index is 806. The highest BCUT2D eigenvalue weighted by Crippen LogP contribution is 2.29. The van der Waals surface area contributed by atoms with Crippen LogP contribution in [0.25, 0.3) is 0 Å². The molecule has 0 bridgehead atoms. The van der Waals surface area contributed by atoms with Crippen LogP contribution < -0.4 is 0 Å². The first kappa shape index (κ1) is 21.8. The van der Waals surface area contributed by atoms with Crippen molar-refractivity contribution in [3.05, 3.63) is 51.5 Å². The highest BCUT2D eigenvalue weighted by molar-refractivity contribution is 7.09. The van der Waals surface area contributed by atoms with Crippen LogP contribution in [0.3, 0.4) is 0 Å². The first-order chi connectivity index (χ1) is 13.3. The van der Waals surface area contributed by atoms with Crippen molar-refractivity contribution in [1.82, 2.24) is 9.88 Å². The van der Waals surface area contributed by atoms with Crippen LogP contribution in [0.1, 0.15) is 37.8 Å². The number of esters is 1. The molecule has 152 valence electrons. The van der Waals surface area contributed by atoms with E-state index in [2.05, 4.69) is 9.72 Å². The number of ether oxygens (including phenoxy) is 2. The van der Waals surface area contributed by atoms with Gasteiger partial charge in [0.1, 0.15) is 5.01 Å². The highest BCUT2D eigenvalue weighted by Gasteiger charge is 2.30. The minimum atomic E-state index is -4.47. The van der Waals surface area contributed by atoms with Crippen LogP contribution in [0.4, 0.5) is 13.2 Å². The summed E-state index contributed by atoms with van der Waals surface area (Å²) in [6, 6.07) is 4.05. The SMILES string of the molecule is COCCCN(Cc1nc(C(=O)OC)cs1)C(=O)c1ccc(C(F)(F)F)cc1. The molecule has 0 aliphatic rings. The standard InChI is InChI=1S/C18H19F3N2O4S/c1-26-9-3-8-23(10-15-22-14(11-28-15)17(25)27-2)16(24)12-4-6-13(7-5-12)18(19,20)21/h4-7,11H,3,8-10H2,1-2H3. The number of hydrogen-bond acceptors (Lipinski definition) is 6. The van der Waals surface area contributed by atoms with Gasteiger partial charge >= 0.3 is 12.1 Å². The molecule has 1 heterocycles. The molecular weight excluding hydrogens is 397 g/mol. The first-order valence-electron chi connectivity index (χ1n) is 8.24. The zero-order valence-corrected chi connectivity index (χ0v) is 16.1. The molecule has 10 heteroatoms. The van der Waals surface area contributed by atoms with Gasteiger partial charge in [0.05, 0.1) is 19.2 Å². The van der Waals surface area contributed by atoms with Crippen LogP contribution in [0, 0.1) is 0 Å². The Balaban J connectivity index is 2.18. The predicted octanol–water partition coefficient (Wildman–Crippen LogP) is 3.63. The molecule has 2 rings (SSSR count). The summed E-state index contributed by atoms with van der Waals surface area (Å²) in [5.74, 6) is -1.01. The lowest BCUT2D eigenvalue weighted by Gasteiger charge is -2.22. The number of halogens is 3. The van der Waals surface area contributed by atoms with Gasteiger partial charge in [0, 0.05) is 31.2 Å². The van der Waals surface area contributed by atoms with E-state index >= 15 is 0 Å². The molecule has 0 atom stereocenters. The van der Waals surface area contributed by atoms with E-state index in [4.69, 9.17) is 4.74 Å². The van der Waals surface area contributed by atoms with Gasteiger partial charge in [0.15, 0.2) is 5.69 Å². The van der Waals surface area contributed by atoms with Crippen molar-refractivity contribution in [1.29, 1.82) is 0 Å². The number of carbonyl (C=O) groups is 2. The number of rotatable bonds is 8. The number of methoxy groups -OCH3 is 2. The summed E-state index contributed by atoms with van der Waals surface area (Å²) in [4.78, 5) is 29.9. The van der Waals surface area contributed by atoms with Crippen LogP contribution in [-0.2, 0) is 22.2 Å². The van der Waals surface area contributed by atoms with E-state index < -0.39 is 23.6 Å². The third kappa shape index (κ3) is 5.77. The molecule has 1 aromatic carbocycles. The lowest BCUT2D eigenvalue weighted by Crippen LogP contribution is -2.32. The van der Waals surface area contributed by atoms with Crippen LogP contribution >= 0.6 is 11.3 Å². The Morgan fingerprint density at radius 2 is 1.86 bits per heavy atom. The van der Waals surface area contributed by atoms with E-state index in [1.54, 1.807) is 0 Å². The molecule has 1 aromatic heterocycles. The van der Waals surface area contributed by atoms with Crippen molar-refractivity contribution in [2.45, 2.75) is 19.1 Å². The lowest BCUT2D eigenvalue weighted by molar-refractivity contribution is -0.137. The van der Waals surface area contributed by atoms with E-state index in [9.17, 15) is 22.8 Å². The third-order valence-electron chi connectivity index (χ3n) is 3.80. The van der Waals surface area contributed by atoms with E-state index in [0.29, 0.717) is 24.6 Å². The topological polar surface area (TPSA) is 68.7 Å². The van der Waals surface area contributed by atoms with Gasteiger partial charge in [-0.2, -0.15) is 13.2 Å². The summed E-state index contributed by atoms with van der Waals surface area (Å²) in [5.41, 5.74) is -0.547. The average Bonchev–Trinajstić information content (AvgIpc) is 3.14. The summed E-state index contributed by atoms with van der Waals surface area (Å²) in [6.07, 6.45) is -3.93. The molecule has 0 aliphatic carbocycles. The monoisotopic (exact) mass is 416 g/mol. The fraction of sp³-hybridized carbons (Fsp3) is 0.389. The molecule has 6 nitrogen and oxygen atoms in total. The second-order valence-corrected chi connectivity index (χ2v) is 6.71. The summed E-state index contributed by atoms with van der Waals surface area (Å²) in [7, 11) is 2.78. The number of thiazole rings is 1. The first-order valence-corrected chi connectivity index (χ1v) is 9.12. The minimum absolute atomic E-state index is 0.116. The van der Waals surface area contributed by atoms with Crippen LogP contribution in [0.2, 0.25) is 0 Å². The van der Waals surface area contributed by atoms with Gasteiger partial charge in [0.2, 0.25) is 0 Å². The van der Waals surface area contributed by atoms with E-state index in [1.165, 1.54) is 35.8 Å². The van der Waals surface area contributed by atoms with Crippen LogP contribution in [-0.4, -0.2) is 49.1 Å². The van der Waals surface area contributed by atoms with Gasteiger partial charge in [-0.1, -0.05) is 0 Å². The van der Waals surface area contributed by atoms with Gasteiger partial charge in [0.25, 0.3) is 5.91 Å². The zero-order valence-electron chi connectivity index (χ0n) is 15.3. The van der Waals surface area contributed by atoms with Gasteiger partial charge in [-0.15, -0.1) is 11.3 Å². The van der Waals surface area contributed by atoms with E-state index in [-0.39, 0.29) is 17.8 Å². The van der Waals surface area contributed by atoms with Crippen molar-refractivity contribution in [3.63, 3.8) is 0 Å². The molecule has 0 radical (unpaired) electrons. The van der Waals surface area contributed by atoms with Crippen molar-refractivity contribution in [2.75, 3.05) is 27.4 Å². The molecule has 0 unspecified atom stereocenters. The van der Waals surface area contributed by atoms with Crippen molar-refractivity contribution < 1.29 is 32.2 Å². The summed E-state index contributed by atoms with van der Waals surface area (Å²) >= 11 is 1.19. The number of hydrogen-bond donors (Lipinski definition) is 0. The summed E-state index contributed by atoms with van der Waals surface area (Å²) < 4.78 is 47.7. The normalized spacial score (nSPS) is 11.3. The van der Waals surface area contributed by atoms with Crippen LogP contribution in [0.5, 0.6) is 0 Å². The zero-order chi connectivity index (χ0) is 20.7. The molecule has 28 heavy (non-hydrogen) atoms. The lowest BCUT2D eigenvalue weighted by atomic mass is 10.1. The van der Waals surface area contributed by atoms with Gasteiger partial charge in [-0.3, -0.25) is 4.79 Å². The minimum Gasteiger partial charge on any atom is -0.464 e. The second-order valence-electron chi connectivity index (χ2n) is 5.77. The third-order valence-corrected chi connectivity index (χ3v) is 4.63. The molecule has 0 saturated heterocycles. The summed E-state index contributed by atoms with van der Waals surface area (Å²) in [6.45, 7) is 0.855. The summed E-state index contributed by atoms with van der Waals surface area (Å²) in [5, 5.41) is 2.04. The van der Waals surface area contributed by atoms with Crippen molar-refractivity contribution in [3.8, 4) is 0 Å². The Kier molecular flexibility index (Phi) is 7.53.